The normalized spacial score (nSPS) is 11.2. The molecule has 3 rings (SSSR count). The second kappa shape index (κ2) is 10.1. The monoisotopic (exact) mass is 465 g/mol. The van der Waals surface area contributed by atoms with Crippen molar-refractivity contribution in [3.05, 3.63) is 83.9 Å². The predicted octanol–water partition coefficient (Wildman–Crippen LogP) is 5.77. The quantitative estimate of drug-likeness (QED) is 0.356. The van der Waals surface area contributed by atoms with Crippen LogP contribution in [-0.4, -0.2) is 25.1 Å². The van der Waals surface area contributed by atoms with Crippen molar-refractivity contribution in [3.8, 4) is 16.9 Å². The SMILES string of the molecule is O=C(COC(=O)c1ccccc1-c1ccc(C(F)(F)F)cc1)Nc1ccccc1OC(F)F. The molecule has 0 atom stereocenters. The molecule has 33 heavy (non-hydrogen) atoms. The van der Waals surface area contributed by atoms with E-state index in [2.05, 4.69) is 10.1 Å². The second-order valence-electron chi connectivity index (χ2n) is 6.62. The van der Waals surface area contributed by atoms with E-state index in [-0.39, 0.29) is 17.0 Å². The summed E-state index contributed by atoms with van der Waals surface area (Å²) in [5.74, 6) is -1.96. The molecule has 0 heterocycles. The Morgan fingerprint density at radius 1 is 0.879 bits per heavy atom. The lowest BCUT2D eigenvalue weighted by atomic mass is 9.98. The predicted molar refractivity (Wildman–Crippen MR) is 109 cm³/mol. The van der Waals surface area contributed by atoms with Gasteiger partial charge in [-0.3, -0.25) is 4.79 Å². The van der Waals surface area contributed by atoms with E-state index in [1.54, 1.807) is 6.07 Å². The van der Waals surface area contributed by atoms with Gasteiger partial charge in [0.15, 0.2) is 6.61 Å². The third-order valence-corrected chi connectivity index (χ3v) is 4.38. The first-order valence-corrected chi connectivity index (χ1v) is 9.42. The number of hydrogen-bond acceptors (Lipinski definition) is 4. The van der Waals surface area contributed by atoms with E-state index < -0.39 is 36.8 Å². The fourth-order valence-electron chi connectivity index (χ4n) is 2.92. The van der Waals surface area contributed by atoms with Gasteiger partial charge < -0.3 is 14.8 Å². The molecule has 0 aromatic heterocycles. The maximum atomic E-state index is 12.8. The van der Waals surface area contributed by atoms with Gasteiger partial charge in [-0.2, -0.15) is 22.0 Å². The number of carbonyl (C=O) groups is 2. The molecule has 1 N–H and O–H groups in total. The number of nitrogens with one attached hydrogen (secondary N) is 1. The lowest BCUT2D eigenvalue weighted by Crippen LogP contribution is -2.21. The molecule has 0 spiro atoms. The Morgan fingerprint density at radius 2 is 1.52 bits per heavy atom. The summed E-state index contributed by atoms with van der Waals surface area (Å²) in [5, 5.41) is 2.31. The zero-order valence-corrected chi connectivity index (χ0v) is 16.7. The van der Waals surface area contributed by atoms with E-state index in [0.29, 0.717) is 11.1 Å². The highest BCUT2D eigenvalue weighted by atomic mass is 19.4. The van der Waals surface area contributed by atoms with E-state index in [0.717, 1.165) is 12.1 Å². The first-order chi connectivity index (χ1) is 15.6. The highest BCUT2D eigenvalue weighted by Crippen LogP contribution is 2.32. The van der Waals surface area contributed by atoms with E-state index in [4.69, 9.17) is 4.74 Å². The summed E-state index contributed by atoms with van der Waals surface area (Å²) < 4.78 is 72.6. The zero-order chi connectivity index (χ0) is 24.0. The number of hydrogen-bond donors (Lipinski definition) is 1. The number of ether oxygens (including phenoxy) is 2. The highest BCUT2D eigenvalue weighted by molar-refractivity contribution is 6.00. The summed E-state index contributed by atoms with van der Waals surface area (Å²) in [7, 11) is 0. The third-order valence-electron chi connectivity index (χ3n) is 4.38. The molecule has 0 aliphatic heterocycles. The topological polar surface area (TPSA) is 64.6 Å². The summed E-state index contributed by atoms with van der Waals surface area (Å²) in [6.07, 6.45) is -4.50. The average molecular weight is 465 g/mol. The summed E-state index contributed by atoms with van der Waals surface area (Å²) in [5.41, 5.74) is -0.181. The van der Waals surface area contributed by atoms with Crippen LogP contribution in [0.4, 0.5) is 27.6 Å². The van der Waals surface area contributed by atoms with Gasteiger partial charge in [-0.05, 0) is 41.5 Å². The van der Waals surface area contributed by atoms with Crippen LogP contribution in [-0.2, 0) is 15.7 Å². The molecule has 10 heteroatoms. The molecular weight excluding hydrogens is 449 g/mol. The highest BCUT2D eigenvalue weighted by Gasteiger charge is 2.30. The second-order valence-corrected chi connectivity index (χ2v) is 6.62. The first-order valence-electron chi connectivity index (χ1n) is 9.42. The number of anilines is 1. The standard InChI is InChI=1S/C23H16F5NO4/c24-22(25)33-19-8-4-3-7-18(19)29-20(30)13-32-21(31)17-6-2-1-5-16(17)14-9-11-15(12-10-14)23(26,27)28/h1-12,22H,13H2,(H,29,30). The van der Waals surface area contributed by atoms with E-state index in [9.17, 15) is 31.5 Å². The molecule has 0 fully saturated rings. The van der Waals surface area contributed by atoms with Gasteiger partial charge in [0.2, 0.25) is 0 Å². The summed E-state index contributed by atoms with van der Waals surface area (Å²) in [6.45, 7) is -3.83. The lowest BCUT2D eigenvalue weighted by Gasteiger charge is -2.13. The Labute approximate surface area is 184 Å². The summed E-state index contributed by atoms with van der Waals surface area (Å²) in [4.78, 5) is 24.7. The Kier molecular flexibility index (Phi) is 7.27. The van der Waals surface area contributed by atoms with Crippen LogP contribution >= 0.6 is 0 Å². The number of carbonyl (C=O) groups excluding carboxylic acids is 2. The number of rotatable bonds is 7. The zero-order valence-electron chi connectivity index (χ0n) is 16.7. The van der Waals surface area contributed by atoms with Gasteiger partial charge in [0.25, 0.3) is 5.91 Å². The minimum atomic E-state index is -4.50. The fourth-order valence-corrected chi connectivity index (χ4v) is 2.92. The van der Waals surface area contributed by atoms with Crippen molar-refractivity contribution in [1.82, 2.24) is 0 Å². The number of alkyl halides is 5. The van der Waals surface area contributed by atoms with Crippen LogP contribution < -0.4 is 10.1 Å². The molecule has 0 unspecified atom stereocenters. The van der Waals surface area contributed by atoms with Crippen molar-refractivity contribution in [2.45, 2.75) is 12.8 Å². The lowest BCUT2D eigenvalue weighted by molar-refractivity contribution is -0.137. The van der Waals surface area contributed by atoms with Crippen molar-refractivity contribution < 1.29 is 41.0 Å². The molecule has 5 nitrogen and oxygen atoms in total. The van der Waals surface area contributed by atoms with Gasteiger partial charge in [-0.1, -0.05) is 42.5 Å². The Morgan fingerprint density at radius 3 is 2.18 bits per heavy atom. The van der Waals surface area contributed by atoms with Crippen LogP contribution in [0, 0.1) is 0 Å². The molecule has 1 amide bonds. The largest absolute Gasteiger partial charge is 0.452 e. The number of benzene rings is 3. The third kappa shape index (κ3) is 6.28. The minimum absolute atomic E-state index is 0.0338. The molecule has 0 radical (unpaired) electrons. The van der Waals surface area contributed by atoms with Crippen molar-refractivity contribution in [2.75, 3.05) is 11.9 Å². The number of esters is 1. The van der Waals surface area contributed by atoms with E-state index in [1.807, 2.05) is 0 Å². The molecule has 3 aromatic carbocycles. The molecule has 172 valence electrons. The molecule has 3 aromatic rings. The fraction of sp³-hybridized carbons (Fsp3) is 0.130. The maximum absolute atomic E-state index is 12.8. The van der Waals surface area contributed by atoms with Crippen LogP contribution in [0.15, 0.2) is 72.8 Å². The van der Waals surface area contributed by atoms with Crippen LogP contribution in [0.3, 0.4) is 0 Å². The van der Waals surface area contributed by atoms with Gasteiger partial charge in [0.05, 0.1) is 16.8 Å². The minimum Gasteiger partial charge on any atom is -0.452 e. The van der Waals surface area contributed by atoms with E-state index in [1.165, 1.54) is 54.6 Å². The molecule has 0 aliphatic carbocycles. The van der Waals surface area contributed by atoms with Crippen LogP contribution in [0.25, 0.3) is 11.1 Å². The van der Waals surface area contributed by atoms with Gasteiger partial charge in [-0.15, -0.1) is 0 Å². The number of amides is 1. The van der Waals surface area contributed by atoms with Crippen molar-refractivity contribution in [2.24, 2.45) is 0 Å². The Hall–Kier alpha value is -3.95. The summed E-state index contributed by atoms with van der Waals surface area (Å²) in [6, 6.07) is 15.8. The molecular formula is C23H16F5NO4. The number of halogens is 5. The van der Waals surface area contributed by atoms with Crippen molar-refractivity contribution in [1.29, 1.82) is 0 Å². The van der Waals surface area contributed by atoms with Crippen LogP contribution in [0.5, 0.6) is 5.75 Å². The van der Waals surface area contributed by atoms with Crippen molar-refractivity contribution >= 4 is 17.6 Å². The average Bonchev–Trinajstić information content (AvgIpc) is 2.78. The molecule has 0 bridgehead atoms. The van der Waals surface area contributed by atoms with Crippen LogP contribution in [0.2, 0.25) is 0 Å². The number of para-hydroxylation sites is 2. The first kappa shape index (κ1) is 23.7. The van der Waals surface area contributed by atoms with E-state index >= 15 is 0 Å². The van der Waals surface area contributed by atoms with Gasteiger partial charge in [0.1, 0.15) is 5.75 Å². The molecule has 0 saturated heterocycles. The smallest absolute Gasteiger partial charge is 0.416 e. The van der Waals surface area contributed by atoms with Gasteiger partial charge >= 0.3 is 18.8 Å². The summed E-state index contributed by atoms with van der Waals surface area (Å²) >= 11 is 0. The maximum Gasteiger partial charge on any atom is 0.416 e. The molecule has 0 saturated carbocycles. The Bertz CT molecular complexity index is 1130. The van der Waals surface area contributed by atoms with Crippen LogP contribution in [0.1, 0.15) is 15.9 Å². The Balaban J connectivity index is 1.69. The van der Waals surface area contributed by atoms with Gasteiger partial charge in [-0.25, -0.2) is 4.79 Å². The van der Waals surface area contributed by atoms with Crippen molar-refractivity contribution in [3.63, 3.8) is 0 Å². The molecule has 0 aliphatic rings. The van der Waals surface area contributed by atoms with Gasteiger partial charge in [0, 0.05) is 0 Å².